The molecule has 0 spiro atoms. The number of pyridine rings is 1. The van der Waals surface area contributed by atoms with Crippen LogP contribution in [0.25, 0.3) is 11.8 Å². The lowest BCUT2D eigenvalue weighted by molar-refractivity contribution is -0.113. The van der Waals surface area contributed by atoms with Gasteiger partial charge in [0.1, 0.15) is 0 Å². The van der Waals surface area contributed by atoms with Gasteiger partial charge >= 0.3 is 0 Å². The Labute approximate surface area is 160 Å². The van der Waals surface area contributed by atoms with Crippen LogP contribution in [0.4, 0.5) is 5.69 Å². The van der Waals surface area contributed by atoms with Gasteiger partial charge in [0.15, 0.2) is 0 Å². The summed E-state index contributed by atoms with van der Waals surface area (Å²) in [5, 5.41) is 0. The van der Waals surface area contributed by atoms with Crippen LogP contribution < -0.4 is 4.90 Å². The lowest BCUT2D eigenvalue weighted by atomic mass is 10.1. The molecular weight excluding hydrogens is 388 g/mol. The molecule has 0 N–H and O–H groups in total. The summed E-state index contributed by atoms with van der Waals surface area (Å²) in [5.41, 5.74) is 4.23. The Kier molecular flexibility index (Phi) is 4.50. The lowest BCUT2D eigenvalue weighted by Crippen LogP contribution is -2.25. The zero-order valence-electron chi connectivity index (χ0n) is 13.8. The Morgan fingerprint density at radius 1 is 0.923 bits per heavy atom. The molecule has 0 aliphatic carbocycles. The highest BCUT2D eigenvalue weighted by Crippen LogP contribution is 2.34. The van der Waals surface area contributed by atoms with Gasteiger partial charge in [-0.25, -0.2) is 0 Å². The van der Waals surface area contributed by atoms with Gasteiger partial charge in [-0.05, 0) is 47.5 Å². The van der Waals surface area contributed by atoms with Crippen LogP contribution in [0.5, 0.6) is 0 Å². The predicted molar refractivity (Wildman–Crippen MR) is 108 cm³/mol. The van der Waals surface area contributed by atoms with Gasteiger partial charge in [0.25, 0.3) is 5.91 Å². The van der Waals surface area contributed by atoms with Crippen molar-refractivity contribution in [2.75, 3.05) is 4.90 Å². The van der Waals surface area contributed by atoms with Crippen LogP contribution in [0.1, 0.15) is 11.1 Å². The van der Waals surface area contributed by atoms with Crippen molar-refractivity contribution in [1.82, 2.24) is 4.98 Å². The molecule has 0 radical (unpaired) electrons. The molecule has 0 fully saturated rings. The van der Waals surface area contributed by atoms with Gasteiger partial charge in [0.05, 0.1) is 17.6 Å². The standard InChI is InChI=1S/C22H15BrN2O/c23-19-10-8-16(9-11-19)13-18-14-21(17-5-2-1-3-6-17)25(22(18)26)20-7-4-12-24-15-20/h1-15H/b18-13-. The summed E-state index contributed by atoms with van der Waals surface area (Å²) < 4.78 is 1.01. The predicted octanol–water partition coefficient (Wildman–Crippen LogP) is 5.32. The highest BCUT2D eigenvalue weighted by Gasteiger charge is 2.30. The minimum Gasteiger partial charge on any atom is -0.275 e. The third-order valence-corrected chi connectivity index (χ3v) is 4.68. The van der Waals surface area contributed by atoms with Crippen molar-refractivity contribution in [3.05, 3.63) is 106 Å². The number of rotatable bonds is 3. The van der Waals surface area contributed by atoms with E-state index in [9.17, 15) is 4.79 Å². The molecule has 126 valence electrons. The Morgan fingerprint density at radius 2 is 1.69 bits per heavy atom. The fourth-order valence-electron chi connectivity index (χ4n) is 2.92. The van der Waals surface area contributed by atoms with E-state index in [-0.39, 0.29) is 5.91 Å². The summed E-state index contributed by atoms with van der Waals surface area (Å²) in [6.07, 6.45) is 7.26. The van der Waals surface area contributed by atoms with E-state index in [1.165, 1.54) is 0 Å². The van der Waals surface area contributed by atoms with Gasteiger partial charge < -0.3 is 0 Å². The van der Waals surface area contributed by atoms with E-state index in [4.69, 9.17) is 0 Å². The molecule has 3 nitrogen and oxygen atoms in total. The van der Waals surface area contributed by atoms with Crippen molar-refractivity contribution >= 4 is 39.3 Å². The summed E-state index contributed by atoms with van der Waals surface area (Å²) in [4.78, 5) is 19.0. The monoisotopic (exact) mass is 402 g/mol. The number of halogens is 1. The fourth-order valence-corrected chi connectivity index (χ4v) is 3.18. The molecule has 0 saturated carbocycles. The average Bonchev–Trinajstić information content (AvgIpc) is 3.01. The second-order valence-corrected chi connectivity index (χ2v) is 6.81. The van der Waals surface area contributed by atoms with Gasteiger partial charge in [0, 0.05) is 16.2 Å². The molecule has 4 rings (SSSR count). The summed E-state index contributed by atoms with van der Waals surface area (Å²) in [7, 11) is 0. The van der Waals surface area contributed by atoms with Crippen molar-refractivity contribution in [3.63, 3.8) is 0 Å². The maximum Gasteiger partial charge on any atom is 0.263 e. The van der Waals surface area contributed by atoms with E-state index < -0.39 is 0 Å². The van der Waals surface area contributed by atoms with Crippen molar-refractivity contribution < 1.29 is 4.79 Å². The molecule has 0 bridgehead atoms. The van der Waals surface area contributed by atoms with Gasteiger partial charge in [-0.1, -0.05) is 58.4 Å². The Morgan fingerprint density at radius 3 is 2.38 bits per heavy atom. The smallest absolute Gasteiger partial charge is 0.263 e. The molecule has 26 heavy (non-hydrogen) atoms. The number of amides is 1. The highest BCUT2D eigenvalue weighted by atomic mass is 79.9. The average molecular weight is 403 g/mol. The zero-order chi connectivity index (χ0) is 17.9. The van der Waals surface area contributed by atoms with E-state index in [2.05, 4.69) is 20.9 Å². The minimum absolute atomic E-state index is 0.0558. The molecule has 0 unspecified atom stereocenters. The number of benzene rings is 2. The first kappa shape index (κ1) is 16.5. The van der Waals surface area contributed by atoms with Crippen LogP contribution >= 0.6 is 15.9 Å². The molecule has 0 saturated heterocycles. The largest absolute Gasteiger partial charge is 0.275 e. The number of hydrogen-bond acceptors (Lipinski definition) is 2. The first-order valence-corrected chi connectivity index (χ1v) is 9.00. The summed E-state index contributed by atoms with van der Waals surface area (Å²) in [6, 6.07) is 21.5. The first-order valence-electron chi connectivity index (χ1n) is 8.21. The lowest BCUT2D eigenvalue weighted by Gasteiger charge is -2.20. The van der Waals surface area contributed by atoms with E-state index in [0.29, 0.717) is 5.57 Å². The SMILES string of the molecule is O=C1/C(=C\c2ccc(Br)cc2)C=C(c2ccccc2)N1c1cccnc1. The van der Waals surface area contributed by atoms with Crippen molar-refractivity contribution in [2.45, 2.75) is 0 Å². The van der Waals surface area contributed by atoms with E-state index in [1.54, 1.807) is 17.3 Å². The van der Waals surface area contributed by atoms with Crippen LogP contribution in [0.15, 0.2) is 95.2 Å². The molecule has 1 aliphatic heterocycles. The third kappa shape index (κ3) is 3.24. The molecule has 2 heterocycles. The number of carbonyl (C=O) groups excluding carboxylic acids is 1. The van der Waals surface area contributed by atoms with Crippen LogP contribution in [0.2, 0.25) is 0 Å². The topological polar surface area (TPSA) is 33.2 Å². The zero-order valence-corrected chi connectivity index (χ0v) is 15.4. The Hall–Kier alpha value is -2.98. The number of carbonyl (C=O) groups is 1. The van der Waals surface area contributed by atoms with Gasteiger partial charge in [-0.15, -0.1) is 0 Å². The molecule has 0 atom stereocenters. The number of nitrogens with zero attached hydrogens (tertiary/aromatic N) is 2. The molecule has 1 amide bonds. The van der Waals surface area contributed by atoms with Crippen LogP contribution in [0, 0.1) is 0 Å². The van der Waals surface area contributed by atoms with Crippen molar-refractivity contribution in [3.8, 4) is 0 Å². The molecule has 1 aromatic heterocycles. The maximum absolute atomic E-state index is 13.1. The van der Waals surface area contributed by atoms with E-state index in [1.807, 2.05) is 78.9 Å². The normalized spacial score (nSPS) is 15.4. The van der Waals surface area contributed by atoms with Gasteiger partial charge in [-0.2, -0.15) is 0 Å². The van der Waals surface area contributed by atoms with E-state index >= 15 is 0 Å². The quantitative estimate of drug-likeness (QED) is 0.555. The van der Waals surface area contributed by atoms with Crippen LogP contribution in [-0.4, -0.2) is 10.9 Å². The summed E-state index contributed by atoms with van der Waals surface area (Å²) in [6.45, 7) is 0. The molecule has 3 aromatic rings. The molecule has 1 aliphatic rings. The van der Waals surface area contributed by atoms with Crippen molar-refractivity contribution in [1.29, 1.82) is 0 Å². The first-order chi connectivity index (χ1) is 12.7. The number of hydrogen-bond donors (Lipinski definition) is 0. The van der Waals surface area contributed by atoms with Crippen LogP contribution in [0.3, 0.4) is 0 Å². The Balaban J connectivity index is 1.81. The number of aromatic nitrogens is 1. The molecule has 4 heteroatoms. The third-order valence-electron chi connectivity index (χ3n) is 4.15. The second-order valence-electron chi connectivity index (χ2n) is 5.90. The van der Waals surface area contributed by atoms with Gasteiger partial charge in [-0.3, -0.25) is 14.7 Å². The number of anilines is 1. The van der Waals surface area contributed by atoms with Gasteiger partial charge in [0.2, 0.25) is 0 Å². The summed E-state index contributed by atoms with van der Waals surface area (Å²) in [5.74, 6) is -0.0558. The minimum atomic E-state index is -0.0558. The summed E-state index contributed by atoms with van der Waals surface area (Å²) >= 11 is 3.44. The molecular formula is C22H15BrN2O. The fraction of sp³-hybridized carbons (Fsp3) is 0. The van der Waals surface area contributed by atoms with E-state index in [0.717, 1.165) is 27.0 Å². The Bertz CT molecular complexity index is 993. The second kappa shape index (κ2) is 7.10. The van der Waals surface area contributed by atoms with Crippen molar-refractivity contribution in [2.24, 2.45) is 0 Å². The maximum atomic E-state index is 13.1. The molecule has 2 aromatic carbocycles. The van der Waals surface area contributed by atoms with Crippen LogP contribution in [-0.2, 0) is 4.79 Å². The highest BCUT2D eigenvalue weighted by molar-refractivity contribution is 9.10.